The van der Waals surface area contributed by atoms with Gasteiger partial charge < -0.3 is 5.11 Å². The van der Waals surface area contributed by atoms with E-state index in [0.717, 1.165) is 17.4 Å². The van der Waals surface area contributed by atoms with Gasteiger partial charge in [-0.1, -0.05) is 29.8 Å². The highest BCUT2D eigenvalue weighted by molar-refractivity contribution is 7.90. The minimum absolute atomic E-state index is 0.000292. The van der Waals surface area contributed by atoms with E-state index in [-0.39, 0.29) is 15.7 Å². The molecule has 1 N–H and O–H groups in total. The highest BCUT2D eigenvalue weighted by Gasteiger charge is 2.09. The Morgan fingerprint density at radius 1 is 1.06 bits per heavy atom. The van der Waals surface area contributed by atoms with Crippen LogP contribution in [0.5, 0.6) is 5.75 Å². The maximum absolute atomic E-state index is 11.5. The summed E-state index contributed by atoms with van der Waals surface area (Å²) in [5, 5.41) is 9.58. The average Bonchev–Trinajstić information content (AvgIpc) is 2.32. The smallest absolute Gasteiger partial charge is 0.175 e. The van der Waals surface area contributed by atoms with Gasteiger partial charge in [-0.3, -0.25) is 0 Å². The van der Waals surface area contributed by atoms with Gasteiger partial charge in [0.15, 0.2) is 9.84 Å². The number of hydrogen-bond acceptors (Lipinski definition) is 3. The molecule has 0 radical (unpaired) electrons. The van der Waals surface area contributed by atoms with Crippen molar-refractivity contribution in [2.45, 2.75) is 4.90 Å². The summed E-state index contributed by atoms with van der Waals surface area (Å²) in [5.41, 5.74) is 1.49. The Bertz CT molecular complexity index is 693. The van der Waals surface area contributed by atoms with Gasteiger partial charge in [-0.2, -0.15) is 0 Å². The van der Waals surface area contributed by atoms with Crippen LogP contribution in [-0.4, -0.2) is 19.8 Å². The van der Waals surface area contributed by atoms with Gasteiger partial charge in [-0.25, -0.2) is 8.42 Å². The highest BCUT2D eigenvalue weighted by atomic mass is 35.5. The largest absolute Gasteiger partial charge is 0.506 e. The maximum atomic E-state index is 11.5. The van der Waals surface area contributed by atoms with Crippen LogP contribution in [0.1, 0.15) is 0 Å². The first kappa shape index (κ1) is 12.9. The lowest BCUT2D eigenvalue weighted by atomic mass is 10.1. The Kier molecular flexibility index (Phi) is 3.32. The molecule has 0 amide bonds. The molecule has 0 aliphatic rings. The molecule has 0 aliphatic heterocycles. The zero-order valence-corrected chi connectivity index (χ0v) is 11.2. The van der Waals surface area contributed by atoms with Crippen molar-refractivity contribution in [2.75, 3.05) is 6.26 Å². The van der Waals surface area contributed by atoms with Gasteiger partial charge in [0.05, 0.1) is 9.92 Å². The molecule has 94 valence electrons. The number of phenolic OH excluding ortho intramolecular Hbond substituents is 1. The second-order valence-corrected chi connectivity index (χ2v) is 6.39. The van der Waals surface area contributed by atoms with Crippen LogP contribution in [0.25, 0.3) is 11.1 Å². The van der Waals surface area contributed by atoms with Crippen molar-refractivity contribution in [3.05, 3.63) is 47.5 Å². The molecule has 3 nitrogen and oxygen atoms in total. The molecule has 0 saturated carbocycles. The van der Waals surface area contributed by atoms with Crippen molar-refractivity contribution in [3.63, 3.8) is 0 Å². The lowest BCUT2D eigenvalue weighted by Crippen LogP contribution is -1.96. The van der Waals surface area contributed by atoms with Crippen LogP contribution >= 0.6 is 11.6 Å². The number of benzene rings is 2. The fraction of sp³-hybridized carbons (Fsp3) is 0.0769. The summed E-state index contributed by atoms with van der Waals surface area (Å²) in [5.74, 6) is -0.000292. The summed E-state index contributed by atoms with van der Waals surface area (Å²) < 4.78 is 22.9. The Morgan fingerprint density at radius 2 is 1.72 bits per heavy atom. The minimum Gasteiger partial charge on any atom is -0.506 e. The van der Waals surface area contributed by atoms with Crippen molar-refractivity contribution in [2.24, 2.45) is 0 Å². The fourth-order valence-electron chi connectivity index (χ4n) is 1.59. The molecule has 0 fully saturated rings. The summed E-state index contributed by atoms with van der Waals surface area (Å²) in [6, 6.07) is 11.3. The van der Waals surface area contributed by atoms with Crippen LogP contribution in [0.4, 0.5) is 0 Å². The number of hydrogen-bond donors (Lipinski definition) is 1. The van der Waals surface area contributed by atoms with E-state index in [4.69, 9.17) is 11.6 Å². The Morgan fingerprint density at radius 3 is 2.33 bits per heavy atom. The monoisotopic (exact) mass is 282 g/mol. The first-order valence-electron chi connectivity index (χ1n) is 5.17. The molecule has 0 heterocycles. The van der Waals surface area contributed by atoms with Crippen LogP contribution in [0.3, 0.4) is 0 Å². The molecule has 0 aliphatic carbocycles. The highest BCUT2D eigenvalue weighted by Crippen LogP contribution is 2.30. The van der Waals surface area contributed by atoms with Gasteiger partial charge in [-0.05, 0) is 35.4 Å². The molecule has 0 unspecified atom stereocenters. The van der Waals surface area contributed by atoms with Crippen molar-refractivity contribution in [1.82, 2.24) is 0 Å². The van der Waals surface area contributed by atoms with E-state index in [0.29, 0.717) is 0 Å². The lowest BCUT2D eigenvalue weighted by Gasteiger charge is -2.05. The first-order valence-corrected chi connectivity index (χ1v) is 7.44. The molecule has 0 spiro atoms. The van der Waals surface area contributed by atoms with Gasteiger partial charge in [0.2, 0.25) is 0 Å². The predicted octanol–water partition coefficient (Wildman–Crippen LogP) is 3.12. The third-order valence-electron chi connectivity index (χ3n) is 2.54. The van der Waals surface area contributed by atoms with Crippen LogP contribution in [-0.2, 0) is 9.84 Å². The maximum Gasteiger partial charge on any atom is 0.175 e. The molecule has 5 heteroatoms. The second kappa shape index (κ2) is 4.63. The van der Waals surface area contributed by atoms with Gasteiger partial charge in [0, 0.05) is 6.26 Å². The molecular formula is C13H11ClO3S. The molecule has 2 aromatic rings. The van der Waals surface area contributed by atoms with E-state index in [1.54, 1.807) is 36.4 Å². The zero-order valence-electron chi connectivity index (χ0n) is 9.59. The van der Waals surface area contributed by atoms with Crippen molar-refractivity contribution in [3.8, 4) is 16.9 Å². The molecule has 0 aromatic heterocycles. The summed E-state index contributed by atoms with van der Waals surface area (Å²) in [7, 11) is -3.23. The van der Waals surface area contributed by atoms with Crippen LogP contribution in [0.2, 0.25) is 5.02 Å². The van der Waals surface area contributed by atoms with Crippen molar-refractivity contribution in [1.29, 1.82) is 0 Å². The van der Waals surface area contributed by atoms with Gasteiger partial charge in [-0.15, -0.1) is 0 Å². The van der Waals surface area contributed by atoms with E-state index in [9.17, 15) is 13.5 Å². The molecule has 2 rings (SSSR count). The summed E-state index contributed by atoms with van der Waals surface area (Å²) in [6.45, 7) is 0. The van der Waals surface area contributed by atoms with E-state index >= 15 is 0 Å². The van der Waals surface area contributed by atoms with Crippen LogP contribution < -0.4 is 0 Å². The van der Waals surface area contributed by atoms with E-state index in [1.807, 2.05) is 0 Å². The Balaban J connectivity index is 2.55. The number of rotatable bonds is 2. The molecule has 18 heavy (non-hydrogen) atoms. The summed E-state index contributed by atoms with van der Waals surface area (Å²) >= 11 is 5.83. The third kappa shape index (κ3) is 2.66. The van der Waals surface area contributed by atoms with E-state index < -0.39 is 9.84 Å². The molecule has 0 atom stereocenters. The quantitative estimate of drug-likeness (QED) is 0.921. The average molecular weight is 283 g/mol. The normalized spacial score (nSPS) is 11.4. The number of halogens is 1. The predicted molar refractivity (Wildman–Crippen MR) is 71.7 cm³/mol. The van der Waals surface area contributed by atoms with Crippen LogP contribution in [0.15, 0.2) is 47.4 Å². The van der Waals surface area contributed by atoms with E-state index in [1.165, 1.54) is 6.07 Å². The number of sulfone groups is 1. The van der Waals surface area contributed by atoms with Gasteiger partial charge in [0.1, 0.15) is 5.75 Å². The first-order chi connectivity index (χ1) is 8.38. The SMILES string of the molecule is CS(=O)(=O)c1cccc(-c2ccc(O)c(Cl)c2)c1. The Labute approximate surface area is 111 Å². The summed E-state index contributed by atoms with van der Waals surface area (Å²) in [4.78, 5) is 0.254. The van der Waals surface area contributed by atoms with Crippen molar-refractivity contribution < 1.29 is 13.5 Å². The number of aromatic hydroxyl groups is 1. The molecule has 2 aromatic carbocycles. The second-order valence-electron chi connectivity index (χ2n) is 3.97. The minimum atomic E-state index is -3.23. The summed E-state index contributed by atoms with van der Waals surface area (Å²) in [6.07, 6.45) is 1.16. The standard InChI is InChI=1S/C13H11ClO3S/c1-18(16,17)11-4-2-3-9(7-11)10-5-6-13(15)12(14)8-10/h2-8,15H,1H3. The van der Waals surface area contributed by atoms with Crippen molar-refractivity contribution >= 4 is 21.4 Å². The van der Waals surface area contributed by atoms with Gasteiger partial charge >= 0.3 is 0 Å². The third-order valence-corrected chi connectivity index (χ3v) is 3.96. The Hall–Kier alpha value is -1.52. The van der Waals surface area contributed by atoms with Gasteiger partial charge in [0.25, 0.3) is 0 Å². The topological polar surface area (TPSA) is 54.4 Å². The van der Waals surface area contributed by atoms with E-state index in [2.05, 4.69) is 0 Å². The number of phenols is 1. The van der Waals surface area contributed by atoms with Crippen LogP contribution in [0, 0.1) is 0 Å². The fourth-order valence-corrected chi connectivity index (χ4v) is 2.44. The zero-order chi connectivity index (χ0) is 13.3. The molecule has 0 saturated heterocycles. The lowest BCUT2D eigenvalue weighted by molar-refractivity contribution is 0.475. The molecular weight excluding hydrogens is 272 g/mol. The molecule has 0 bridgehead atoms.